The van der Waals surface area contributed by atoms with Gasteiger partial charge in [0.05, 0.1) is 11.1 Å². The number of fused-ring (bicyclic) bond motifs is 2. The predicted octanol–water partition coefficient (Wildman–Crippen LogP) is 3.58. The molecule has 0 saturated heterocycles. The van der Waals surface area contributed by atoms with Gasteiger partial charge < -0.3 is 10.1 Å². The van der Waals surface area contributed by atoms with Gasteiger partial charge in [-0.1, -0.05) is 38.0 Å². The molecule has 1 heterocycles. The highest BCUT2D eigenvalue weighted by molar-refractivity contribution is 6.05. The maximum Gasteiger partial charge on any atom is 0.339 e. The van der Waals surface area contributed by atoms with Gasteiger partial charge in [0.15, 0.2) is 6.61 Å². The number of benzene rings is 1. The molecule has 1 aromatic heterocycles. The van der Waals surface area contributed by atoms with E-state index in [1.54, 1.807) is 0 Å². The summed E-state index contributed by atoms with van der Waals surface area (Å²) in [5.41, 5.74) is 3.37. The first-order valence-corrected chi connectivity index (χ1v) is 10.0. The van der Waals surface area contributed by atoms with Gasteiger partial charge in [0.25, 0.3) is 5.91 Å². The fraction of sp³-hybridized carbons (Fsp3) is 0.500. The maximum absolute atomic E-state index is 12.8. The topological polar surface area (TPSA) is 68.3 Å². The first-order valence-electron chi connectivity index (χ1n) is 10.0. The molecule has 1 fully saturated rings. The van der Waals surface area contributed by atoms with Crippen molar-refractivity contribution < 1.29 is 14.3 Å². The Kier molecular flexibility index (Phi) is 5.10. The normalized spacial score (nSPS) is 21.7. The fourth-order valence-corrected chi connectivity index (χ4v) is 4.43. The molecule has 2 aliphatic carbocycles. The molecular weight excluding hydrogens is 340 g/mol. The Morgan fingerprint density at radius 2 is 1.96 bits per heavy atom. The lowest BCUT2D eigenvalue weighted by atomic mass is 9.86. The van der Waals surface area contributed by atoms with Gasteiger partial charge >= 0.3 is 5.97 Å². The van der Waals surface area contributed by atoms with Crippen LogP contribution in [-0.4, -0.2) is 29.5 Å². The van der Waals surface area contributed by atoms with Crippen LogP contribution in [0.15, 0.2) is 24.3 Å². The van der Waals surface area contributed by atoms with Crippen molar-refractivity contribution in [2.75, 3.05) is 6.61 Å². The largest absolute Gasteiger partial charge is 0.452 e. The Bertz CT molecular complexity index is 877. The van der Waals surface area contributed by atoms with E-state index in [9.17, 15) is 9.59 Å². The third kappa shape index (κ3) is 3.68. The van der Waals surface area contributed by atoms with E-state index in [1.807, 2.05) is 24.3 Å². The minimum atomic E-state index is -0.418. The molecule has 0 bridgehead atoms. The number of rotatable bonds is 4. The average molecular weight is 366 g/mol. The zero-order valence-corrected chi connectivity index (χ0v) is 15.8. The Balaban J connectivity index is 1.48. The van der Waals surface area contributed by atoms with Crippen LogP contribution in [0.4, 0.5) is 0 Å². The quantitative estimate of drug-likeness (QED) is 0.840. The van der Waals surface area contributed by atoms with E-state index >= 15 is 0 Å². The van der Waals surface area contributed by atoms with Gasteiger partial charge in [0, 0.05) is 17.1 Å². The smallest absolute Gasteiger partial charge is 0.339 e. The lowest BCUT2D eigenvalue weighted by Gasteiger charge is -2.29. The van der Waals surface area contributed by atoms with Crippen molar-refractivity contribution in [1.82, 2.24) is 10.3 Å². The van der Waals surface area contributed by atoms with Gasteiger partial charge in [-0.25, -0.2) is 4.79 Å². The fourth-order valence-electron chi connectivity index (χ4n) is 4.43. The molecule has 0 unspecified atom stereocenters. The minimum absolute atomic E-state index is 0.191. The number of hydrogen-bond donors (Lipinski definition) is 1. The first-order chi connectivity index (χ1) is 13.1. The molecule has 1 N–H and O–H groups in total. The van der Waals surface area contributed by atoms with Gasteiger partial charge in [-0.3, -0.25) is 9.78 Å². The molecule has 0 radical (unpaired) electrons. The minimum Gasteiger partial charge on any atom is -0.452 e. The van der Waals surface area contributed by atoms with Crippen LogP contribution in [0.1, 0.15) is 60.6 Å². The summed E-state index contributed by atoms with van der Waals surface area (Å²) < 4.78 is 5.42. The number of amides is 1. The highest BCUT2D eigenvalue weighted by Gasteiger charge is 2.26. The summed E-state index contributed by atoms with van der Waals surface area (Å²) >= 11 is 0. The Morgan fingerprint density at radius 1 is 1.15 bits per heavy atom. The van der Waals surface area contributed by atoms with Crippen LogP contribution >= 0.6 is 0 Å². The standard InChI is InChI=1S/C22H26N2O3/c1-14-7-2-4-10-17(14)24-20(25)13-27-22(26)21-15-8-3-5-11-18(15)23-19-12-6-9-16(19)21/h3,5,8,11,14,17H,2,4,6-7,9-10,12-13H2,1H3,(H,24,25)/t14-,17+/m0/s1. The van der Waals surface area contributed by atoms with Gasteiger partial charge in [-0.2, -0.15) is 0 Å². The van der Waals surface area contributed by atoms with E-state index in [1.165, 1.54) is 6.42 Å². The van der Waals surface area contributed by atoms with E-state index in [4.69, 9.17) is 9.72 Å². The zero-order chi connectivity index (χ0) is 18.8. The molecular formula is C22H26N2O3. The van der Waals surface area contributed by atoms with E-state index in [0.717, 1.165) is 60.7 Å². The molecule has 2 atom stereocenters. The number of ether oxygens (including phenoxy) is 1. The van der Waals surface area contributed by atoms with Crippen LogP contribution in [0.2, 0.25) is 0 Å². The van der Waals surface area contributed by atoms with Crippen molar-refractivity contribution in [3.05, 3.63) is 41.1 Å². The van der Waals surface area contributed by atoms with E-state index in [2.05, 4.69) is 12.2 Å². The number of pyridine rings is 1. The van der Waals surface area contributed by atoms with E-state index in [0.29, 0.717) is 11.5 Å². The van der Waals surface area contributed by atoms with Gasteiger partial charge in [-0.15, -0.1) is 0 Å². The van der Waals surface area contributed by atoms with Crippen molar-refractivity contribution in [1.29, 1.82) is 0 Å². The summed E-state index contributed by atoms with van der Waals surface area (Å²) in [5.74, 6) is -0.151. The Labute approximate surface area is 159 Å². The molecule has 2 aliphatic rings. The summed E-state index contributed by atoms with van der Waals surface area (Å²) in [4.78, 5) is 29.8. The number of nitrogens with zero attached hydrogens (tertiary/aromatic N) is 1. The molecule has 1 aromatic carbocycles. The molecule has 1 amide bonds. The summed E-state index contributed by atoms with van der Waals surface area (Å²) in [5, 5.41) is 3.85. The zero-order valence-electron chi connectivity index (χ0n) is 15.8. The van der Waals surface area contributed by atoms with Crippen molar-refractivity contribution in [2.45, 2.75) is 57.9 Å². The number of aromatic nitrogens is 1. The van der Waals surface area contributed by atoms with Crippen molar-refractivity contribution in [2.24, 2.45) is 5.92 Å². The number of carbonyl (C=O) groups excluding carboxylic acids is 2. The van der Waals surface area contributed by atoms with Gasteiger partial charge in [-0.05, 0) is 49.7 Å². The SMILES string of the molecule is C[C@H]1CCCC[C@H]1NC(=O)COC(=O)c1c2c(nc3ccccc13)CCC2. The van der Waals surface area contributed by atoms with Gasteiger partial charge in [0.1, 0.15) is 0 Å². The van der Waals surface area contributed by atoms with Gasteiger partial charge in [0.2, 0.25) is 0 Å². The second kappa shape index (κ2) is 7.67. The molecule has 5 nitrogen and oxygen atoms in total. The van der Waals surface area contributed by atoms with Crippen LogP contribution in [0.25, 0.3) is 10.9 Å². The second-order valence-corrected chi connectivity index (χ2v) is 7.79. The highest BCUT2D eigenvalue weighted by atomic mass is 16.5. The third-order valence-electron chi connectivity index (χ3n) is 5.92. The maximum atomic E-state index is 12.8. The number of carbonyl (C=O) groups is 2. The van der Waals surface area contributed by atoms with Crippen molar-refractivity contribution in [3.8, 4) is 0 Å². The predicted molar refractivity (Wildman–Crippen MR) is 104 cm³/mol. The van der Waals surface area contributed by atoms with Crippen molar-refractivity contribution >= 4 is 22.8 Å². The van der Waals surface area contributed by atoms with Crippen LogP contribution in [0, 0.1) is 5.92 Å². The summed E-state index contributed by atoms with van der Waals surface area (Å²) in [6, 6.07) is 7.84. The van der Waals surface area contributed by atoms with Crippen LogP contribution in [-0.2, 0) is 22.4 Å². The molecule has 0 aliphatic heterocycles. The summed E-state index contributed by atoms with van der Waals surface area (Å²) in [6.45, 7) is 1.94. The second-order valence-electron chi connectivity index (χ2n) is 7.79. The van der Waals surface area contributed by atoms with E-state index < -0.39 is 5.97 Å². The Hall–Kier alpha value is -2.43. The summed E-state index contributed by atoms with van der Waals surface area (Å²) in [7, 11) is 0. The molecule has 4 rings (SSSR count). The average Bonchev–Trinajstić information content (AvgIpc) is 3.14. The van der Waals surface area contributed by atoms with Crippen molar-refractivity contribution in [3.63, 3.8) is 0 Å². The molecule has 142 valence electrons. The van der Waals surface area contributed by atoms with E-state index in [-0.39, 0.29) is 18.6 Å². The first kappa shape index (κ1) is 18.0. The molecule has 27 heavy (non-hydrogen) atoms. The monoisotopic (exact) mass is 366 g/mol. The third-order valence-corrected chi connectivity index (χ3v) is 5.92. The number of nitrogens with one attached hydrogen (secondary N) is 1. The summed E-state index contributed by atoms with van der Waals surface area (Å²) in [6.07, 6.45) is 7.24. The lowest BCUT2D eigenvalue weighted by molar-refractivity contribution is -0.125. The molecule has 1 saturated carbocycles. The van der Waals surface area contributed by atoms with Crippen LogP contribution in [0.3, 0.4) is 0 Å². The molecule has 2 aromatic rings. The molecule has 0 spiro atoms. The van der Waals surface area contributed by atoms with Crippen LogP contribution < -0.4 is 5.32 Å². The lowest BCUT2D eigenvalue weighted by Crippen LogP contribution is -2.42. The Morgan fingerprint density at radius 3 is 2.81 bits per heavy atom. The number of esters is 1. The number of hydrogen-bond acceptors (Lipinski definition) is 4. The van der Waals surface area contributed by atoms with Crippen LogP contribution in [0.5, 0.6) is 0 Å². The number of aryl methyl sites for hydroxylation is 1. The number of para-hydroxylation sites is 1. The molecule has 5 heteroatoms. The highest BCUT2D eigenvalue weighted by Crippen LogP contribution is 2.30.